The molecule has 0 radical (unpaired) electrons. The van der Waals surface area contributed by atoms with Crippen molar-refractivity contribution in [1.82, 2.24) is 0 Å². The summed E-state index contributed by atoms with van der Waals surface area (Å²) in [6.07, 6.45) is -2.97. The van der Waals surface area contributed by atoms with Gasteiger partial charge in [-0.15, -0.1) is 0 Å². The fraction of sp³-hybridized carbons (Fsp3) is 0.125. The van der Waals surface area contributed by atoms with Gasteiger partial charge in [0.05, 0.1) is 24.7 Å². The molecule has 1 heterocycles. The number of alkyl halides is 3. The van der Waals surface area contributed by atoms with Gasteiger partial charge in [0.2, 0.25) is 0 Å². The number of hydrogen-bond donors (Lipinski definition) is 2. The normalized spacial score (nSPS) is 14.4. The van der Waals surface area contributed by atoms with E-state index in [0.29, 0.717) is 28.3 Å². The minimum absolute atomic E-state index is 0.0357. The van der Waals surface area contributed by atoms with Crippen molar-refractivity contribution in [3.8, 4) is 11.5 Å². The van der Waals surface area contributed by atoms with Crippen molar-refractivity contribution < 1.29 is 35.9 Å². The maximum absolute atomic E-state index is 12.9. The minimum Gasteiger partial charge on any atom is -0.497 e. The van der Waals surface area contributed by atoms with E-state index in [4.69, 9.17) is 9.47 Å². The molecule has 35 heavy (non-hydrogen) atoms. The highest BCUT2D eigenvalue weighted by molar-refractivity contribution is 7.92. The molecule has 0 spiro atoms. The average Bonchev–Trinajstić information content (AvgIpc) is 3.13. The number of carbonyl (C=O) groups excluding carboxylic acids is 1. The van der Waals surface area contributed by atoms with Crippen LogP contribution in [0.15, 0.2) is 65.6 Å². The molecule has 0 saturated carbocycles. The Morgan fingerprint density at radius 3 is 2.29 bits per heavy atom. The van der Waals surface area contributed by atoms with Crippen LogP contribution in [0.4, 0.5) is 24.5 Å². The molecule has 7 nitrogen and oxygen atoms in total. The van der Waals surface area contributed by atoms with E-state index in [1.54, 1.807) is 24.3 Å². The first kappa shape index (κ1) is 24.1. The van der Waals surface area contributed by atoms with Crippen LogP contribution in [0.2, 0.25) is 0 Å². The lowest BCUT2D eigenvalue weighted by Crippen LogP contribution is -2.13. The first-order valence-corrected chi connectivity index (χ1v) is 11.6. The molecule has 2 N–H and O–H groups in total. The number of ether oxygens (including phenoxy) is 2. The zero-order chi connectivity index (χ0) is 25.4. The Kier molecular flexibility index (Phi) is 6.20. The highest BCUT2D eigenvalue weighted by Crippen LogP contribution is 2.37. The van der Waals surface area contributed by atoms with E-state index < -0.39 is 27.7 Å². The highest BCUT2D eigenvalue weighted by Gasteiger charge is 2.30. The van der Waals surface area contributed by atoms with Gasteiger partial charge in [-0.3, -0.25) is 9.52 Å². The first-order chi connectivity index (χ1) is 16.5. The third-order valence-electron chi connectivity index (χ3n) is 5.29. The molecule has 0 saturated heterocycles. The van der Waals surface area contributed by atoms with Crippen LogP contribution in [0, 0.1) is 0 Å². The molecule has 0 fully saturated rings. The van der Waals surface area contributed by atoms with Crippen molar-refractivity contribution >= 4 is 39.0 Å². The summed E-state index contributed by atoms with van der Waals surface area (Å²) < 4.78 is 76.9. The topological polar surface area (TPSA) is 93.7 Å². The number of methoxy groups -OCH3 is 2. The van der Waals surface area contributed by atoms with Gasteiger partial charge in [0, 0.05) is 34.1 Å². The van der Waals surface area contributed by atoms with E-state index >= 15 is 0 Å². The second-order valence-corrected chi connectivity index (χ2v) is 9.19. The van der Waals surface area contributed by atoms with Gasteiger partial charge in [0.15, 0.2) is 0 Å². The predicted octanol–water partition coefficient (Wildman–Crippen LogP) is 5.02. The van der Waals surface area contributed by atoms with Crippen LogP contribution in [0.1, 0.15) is 16.7 Å². The Morgan fingerprint density at radius 2 is 1.66 bits per heavy atom. The molecule has 4 rings (SSSR count). The molecule has 0 unspecified atom stereocenters. The number of halogens is 3. The molecule has 3 aromatic rings. The van der Waals surface area contributed by atoms with Gasteiger partial charge in [0.25, 0.3) is 15.9 Å². The lowest BCUT2D eigenvalue weighted by molar-refractivity contribution is -0.137. The number of hydrogen-bond acceptors (Lipinski definition) is 5. The molecule has 1 amide bonds. The summed E-state index contributed by atoms with van der Waals surface area (Å²) in [5, 5.41) is 2.68. The Labute approximate surface area is 199 Å². The van der Waals surface area contributed by atoms with Gasteiger partial charge < -0.3 is 14.8 Å². The van der Waals surface area contributed by atoms with Gasteiger partial charge in [-0.05, 0) is 60.7 Å². The van der Waals surface area contributed by atoms with Crippen molar-refractivity contribution in [2.75, 3.05) is 24.3 Å². The highest BCUT2D eigenvalue weighted by atomic mass is 32.2. The Morgan fingerprint density at radius 1 is 0.943 bits per heavy atom. The van der Waals surface area contributed by atoms with Crippen LogP contribution in [0.25, 0.3) is 11.6 Å². The average molecular weight is 504 g/mol. The SMILES string of the molecule is COc1ccc(C=C2C(=O)Nc3ccc(S(=O)(=O)Nc4ccc(C(F)(F)F)cc4)cc32)c(OC)c1. The van der Waals surface area contributed by atoms with Crippen LogP contribution < -0.4 is 19.5 Å². The van der Waals surface area contributed by atoms with Gasteiger partial charge in [-0.1, -0.05) is 0 Å². The van der Waals surface area contributed by atoms with Crippen LogP contribution in [0.5, 0.6) is 11.5 Å². The maximum atomic E-state index is 12.9. The summed E-state index contributed by atoms with van der Waals surface area (Å²) in [6.45, 7) is 0. The van der Waals surface area contributed by atoms with Crippen molar-refractivity contribution in [2.45, 2.75) is 11.1 Å². The Balaban J connectivity index is 1.68. The number of rotatable bonds is 6. The van der Waals surface area contributed by atoms with E-state index in [2.05, 4.69) is 10.0 Å². The fourth-order valence-corrected chi connectivity index (χ4v) is 4.60. The molecule has 3 aromatic carbocycles. The number of sulfonamides is 1. The van der Waals surface area contributed by atoms with Crippen molar-refractivity contribution in [1.29, 1.82) is 0 Å². The molecular weight excluding hydrogens is 485 g/mol. The minimum atomic E-state index is -4.54. The number of fused-ring (bicyclic) bond motifs is 1. The number of benzene rings is 3. The third-order valence-corrected chi connectivity index (χ3v) is 6.67. The standard InChI is InChI=1S/C24H19F3N2O5S/c1-33-17-8-3-14(22(12-17)34-2)11-20-19-13-18(9-10-21(19)28-23(20)30)35(31,32)29-16-6-4-15(5-7-16)24(25,26)27/h3-13,29H,1-2H3,(H,28,30). The quantitative estimate of drug-likeness (QED) is 0.460. The summed E-state index contributed by atoms with van der Waals surface area (Å²) in [7, 11) is -1.18. The summed E-state index contributed by atoms with van der Waals surface area (Å²) >= 11 is 0. The number of anilines is 2. The van der Waals surface area contributed by atoms with E-state index in [0.717, 1.165) is 24.3 Å². The molecular formula is C24H19F3N2O5S. The lowest BCUT2D eigenvalue weighted by atomic mass is 10.0. The molecule has 1 aliphatic rings. The molecule has 0 aliphatic carbocycles. The van der Waals surface area contributed by atoms with Crippen LogP contribution >= 0.6 is 0 Å². The van der Waals surface area contributed by atoms with E-state index in [9.17, 15) is 26.4 Å². The Hall–Kier alpha value is -3.99. The predicted molar refractivity (Wildman–Crippen MR) is 125 cm³/mol. The first-order valence-electron chi connectivity index (χ1n) is 10.1. The molecule has 0 atom stereocenters. The van der Waals surface area contributed by atoms with Gasteiger partial charge in [0.1, 0.15) is 11.5 Å². The van der Waals surface area contributed by atoms with Crippen molar-refractivity contribution in [3.05, 3.63) is 77.4 Å². The number of nitrogens with one attached hydrogen (secondary N) is 2. The zero-order valence-corrected chi connectivity index (χ0v) is 19.3. The molecule has 0 aromatic heterocycles. The molecule has 0 bridgehead atoms. The monoisotopic (exact) mass is 504 g/mol. The lowest BCUT2D eigenvalue weighted by Gasteiger charge is -2.11. The third kappa shape index (κ3) is 4.94. The second kappa shape index (κ2) is 8.99. The molecule has 11 heteroatoms. The summed E-state index contributed by atoms with van der Waals surface area (Å²) in [5.41, 5.74) is 0.626. The van der Waals surface area contributed by atoms with Crippen molar-refractivity contribution in [3.63, 3.8) is 0 Å². The van der Waals surface area contributed by atoms with E-state index in [-0.39, 0.29) is 16.2 Å². The largest absolute Gasteiger partial charge is 0.497 e. The fourth-order valence-electron chi connectivity index (χ4n) is 3.51. The number of carbonyl (C=O) groups is 1. The summed E-state index contributed by atoms with van der Waals surface area (Å²) in [4.78, 5) is 12.5. The van der Waals surface area contributed by atoms with Crippen LogP contribution in [0.3, 0.4) is 0 Å². The maximum Gasteiger partial charge on any atom is 0.416 e. The summed E-state index contributed by atoms with van der Waals surface area (Å²) in [5.74, 6) is 0.581. The van der Waals surface area contributed by atoms with E-state index in [1.165, 1.54) is 32.4 Å². The Bertz CT molecular complexity index is 1430. The summed E-state index contributed by atoms with van der Waals surface area (Å²) in [6, 6.07) is 12.7. The van der Waals surface area contributed by atoms with Gasteiger partial charge >= 0.3 is 6.18 Å². The smallest absolute Gasteiger partial charge is 0.416 e. The molecule has 1 aliphatic heterocycles. The van der Waals surface area contributed by atoms with E-state index in [1.807, 2.05) is 0 Å². The number of amides is 1. The second-order valence-electron chi connectivity index (χ2n) is 7.51. The molecule has 182 valence electrons. The van der Waals surface area contributed by atoms with Crippen LogP contribution in [-0.4, -0.2) is 28.5 Å². The van der Waals surface area contributed by atoms with Gasteiger partial charge in [-0.2, -0.15) is 13.2 Å². The zero-order valence-electron chi connectivity index (χ0n) is 18.4. The van der Waals surface area contributed by atoms with Crippen LogP contribution in [-0.2, 0) is 21.0 Å². The van der Waals surface area contributed by atoms with Crippen molar-refractivity contribution in [2.24, 2.45) is 0 Å². The van der Waals surface area contributed by atoms with Gasteiger partial charge in [-0.25, -0.2) is 8.42 Å².